The number of unbranched alkanes of at least 4 members (excludes halogenated alkanes) is 1. The van der Waals surface area contributed by atoms with Gasteiger partial charge in [0, 0.05) is 22.8 Å². The molecule has 1 rings (SSSR count). The van der Waals surface area contributed by atoms with Crippen molar-refractivity contribution in [2.24, 2.45) is 0 Å². The molecule has 108 valence electrons. The van der Waals surface area contributed by atoms with E-state index < -0.39 is 15.0 Å². The second-order valence-electron chi connectivity index (χ2n) is 4.49. The van der Waals surface area contributed by atoms with Gasteiger partial charge in [-0.1, -0.05) is 19.8 Å². The Morgan fingerprint density at radius 2 is 2.16 bits per heavy atom. The molecule has 0 bridgehead atoms. The van der Waals surface area contributed by atoms with Gasteiger partial charge in [-0.15, -0.1) is 0 Å². The van der Waals surface area contributed by atoms with Gasteiger partial charge < -0.3 is 9.73 Å². The first-order valence-electron chi connectivity index (χ1n) is 6.11. The summed E-state index contributed by atoms with van der Waals surface area (Å²) in [6.07, 6.45) is 2.93. The molecule has 0 spiro atoms. The van der Waals surface area contributed by atoms with Crippen LogP contribution in [0.3, 0.4) is 0 Å². The highest BCUT2D eigenvalue weighted by Crippen LogP contribution is 2.23. The van der Waals surface area contributed by atoms with Gasteiger partial charge in [0.1, 0.15) is 10.7 Å². The lowest BCUT2D eigenvalue weighted by atomic mass is 10.1. The Balaban J connectivity index is 2.79. The lowest BCUT2D eigenvalue weighted by Crippen LogP contribution is -2.32. The summed E-state index contributed by atoms with van der Waals surface area (Å²) in [5.41, 5.74) is 0. The molecule has 1 amide bonds. The van der Waals surface area contributed by atoms with Crippen molar-refractivity contribution in [3.05, 3.63) is 17.6 Å². The maximum Gasteiger partial charge on any atom is 0.287 e. The second kappa shape index (κ2) is 6.43. The number of aryl methyl sites for hydroxylation is 1. The Bertz CT molecular complexity index is 550. The molecule has 7 heteroatoms. The normalized spacial score (nSPS) is 13.3. The van der Waals surface area contributed by atoms with E-state index in [2.05, 4.69) is 12.2 Å². The van der Waals surface area contributed by atoms with E-state index in [4.69, 9.17) is 15.1 Å². The van der Waals surface area contributed by atoms with Crippen LogP contribution >= 0.6 is 10.7 Å². The Morgan fingerprint density at radius 1 is 1.53 bits per heavy atom. The van der Waals surface area contributed by atoms with Gasteiger partial charge in [-0.3, -0.25) is 4.79 Å². The van der Waals surface area contributed by atoms with E-state index >= 15 is 0 Å². The van der Waals surface area contributed by atoms with Crippen LogP contribution < -0.4 is 5.32 Å². The summed E-state index contributed by atoms with van der Waals surface area (Å²) in [7, 11) is 1.35. The molecule has 19 heavy (non-hydrogen) atoms. The molecule has 0 aromatic carbocycles. The third-order valence-electron chi connectivity index (χ3n) is 2.73. The molecular formula is C12H18ClNO4S. The van der Waals surface area contributed by atoms with Crippen molar-refractivity contribution in [1.29, 1.82) is 0 Å². The van der Waals surface area contributed by atoms with Crippen LogP contribution in [0.25, 0.3) is 0 Å². The lowest BCUT2D eigenvalue weighted by Gasteiger charge is -2.11. The molecule has 1 N–H and O–H groups in total. The van der Waals surface area contributed by atoms with E-state index in [9.17, 15) is 13.2 Å². The molecule has 5 nitrogen and oxygen atoms in total. The van der Waals surface area contributed by atoms with Crippen molar-refractivity contribution in [1.82, 2.24) is 5.32 Å². The summed E-state index contributed by atoms with van der Waals surface area (Å²) in [5, 5.41) is 2.75. The third kappa shape index (κ3) is 4.54. The SMILES string of the molecule is CCCCC(C)NC(=O)c1cc(S(=O)(=O)Cl)c(C)o1. The zero-order valence-electron chi connectivity index (χ0n) is 11.2. The predicted octanol–water partition coefficient (Wildman–Crippen LogP) is 2.82. The number of furan rings is 1. The number of hydrogen-bond acceptors (Lipinski definition) is 4. The first-order valence-corrected chi connectivity index (χ1v) is 8.42. The van der Waals surface area contributed by atoms with Crippen LogP contribution in [0.1, 0.15) is 49.4 Å². The number of halogens is 1. The first kappa shape index (κ1) is 16.0. The van der Waals surface area contributed by atoms with Crippen LogP contribution in [-0.2, 0) is 9.05 Å². The lowest BCUT2D eigenvalue weighted by molar-refractivity contribution is 0.0908. The van der Waals surface area contributed by atoms with Gasteiger partial charge in [0.15, 0.2) is 5.76 Å². The number of rotatable bonds is 6. The average Bonchev–Trinajstić information content (AvgIpc) is 2.68. The van der Waals surface area contributed by atoms with Crippen LogP contribution in [-0.4, -0.2) is 20.4 Å². The van der Waals surface area contributed by atoms with Gasteiger partial charge in [-0.25, -0.2) is 8.42 Å². The van der Waals surface area contributed by atoms with Crippen molar-refractivity contribution >= 4 is 25.6 Å². The third-order valence-corrected chi connectivity index (χ3v) is 4.16. The van der Waals surface area contributed by atoms with Crippen molar-refractivity contribution in [2.45, 2.75) is 51.0 Å². The molecule has 1 heterocycles. The minimum absolute atomic E-state index is 0.00825. The number of carbonyl (C=O) groups is 1. The smallest absolute Gasteiger partial charge is 0.287 e. The van der Waals surface area contributed by atoms with E-state index in [0.29, 0.717) is 0 Å². The van der Waals surface area contributed by atoms with Gasteiger partial charge in [-0.05, 0) is 20.3 Å². The minimum Gasteiger partial charge on any atom is -0.455 e. The van der Waals surface area contributed by atoms with Gasteiger partial charge >= 0.3 is 0 Å². The van der Waals surface area contributed by atoms with E-state index in [1.54, 1.807) is 0 Å². The molecule has 1 aromatic rings. The molecule has 0 saturated carbocycles. The fraction of sp³-hybridized carbons (Fsp3) is 0.583. The summed E-state index contributed by atoms with van der Waals surface area (Å²) in [6.45, 7) is 5.41. The largest absolute Gasteiger partial charge is 0.455 e. The maximum atomic E-state index is 11.9. The Kier molecular flexibility index (Phi) is 5.43. The van der Waals surface area contributed by atoms with Crippen molar-refractivity contribution < 1.29 is 17.6 Å². The van der Waals surface area contributed by atoms with E-state index in [0.717, 1.165) is 25.3 Å². The predicted molar refractivity (Wildman–Crippen MR) is 72.9 cm³/mol. The monoisotopic (exact) mass is 307 g/mol. The van der Waals surface area contributed by atoms with Crippen LogP contribution in [0, 0.1) is 6.92 Å². The fourth-order valence-corrected chi connectivity index (χ4v) is 2.79. The molecule has 1 aromatic heterocycles. The average molecular weight is 308 g/mol. The van der Waals surface area contributed by atoms with E-state index in [1.807, 2.05) is 6.92 Å². The van der Waals surface area contributed by atoms with E-state index in [-0.39, 0.29) is 22.5 Å². The summed E-state index contributed by atoms with van der Waals surface area (Å²) in [4.78, 5) is 11.7. The topological polar surface area (TPSA) is 76.4 Å². The molecule has 1 unspecified atom stereocenters. The molecule has 0 saturated heterocycles. The summed E-state index contributed by atoms with van der Waals surface area (Å²) >= 11 is 0. The Morgan fingerprint density at radius 3 is 2.63 bits per heavy atom. The zero-order valence-corrected chi connectivity index (χ0v) is 12.8. The maximum absolute atomic E-state index is 11.9. The highest BCUT2D eigenvalue weighted by molar-refractivity contribution is 8.13. The van der Waals surface area contributed by atoms with Gasteiger partial charge in [-0.2, -0.15) is 0 Å². The van der Waals surface area contributed by atoms with Crippen molar-refractivity contribution in [2.75, 3.05) is 0 Å². The highest BCUT2D eigenvalue weighted by Gasteiger charge is 2.22. The second-order valence-corrected chi connectivity index (χ2v) is 7.02. The van der Waals surface area contributed by atoms with Gasteiger partial charge in [0.05, 0.1) is 0 Å². The molecule has 0 aliphatic heterocycles. The van der Waals surface area contributed by atoms with Crippen molar-refractivity contribution in [3.8, 4) is 0 Å². The molecule has 0 fully saturated rings. The van der Waals surface area contributed by atoms with E-state index in [1.165, 1.54) is 6.92 Å². The molecule has 0 radical (unpaired) electrons. The number of amides is 1. The quantitative estimate of drug-likeness (QED) is 0.820. The Labute approximate surface area is 117 Å². The standard InChI is InChI=1S/C12H18ClNO4S/c1-4-5-6-8(2)14-12(15)10-7-11(9(3)18-10)19(13,16)17/h7-8H,4-6H2,1-3H3,(H,14,15). The highest BCUT2D eigenvalue weighted by atomic mass is 35.7. The minimum atomic E-state index is -3.89. The summed E-state index contributed by atoms with van der Waals surface area (Å²) < 4.78 is 27.6. The van der Waals surface area contributed by atoms with Crippen LogP contribution in [0.4, 0.5) is 0 Å². The summed E-state index contributed by atoms with van der Waals surface area (Å²) in [5.74, 6) is -0.361. The van der Waals surface area contributed by atoms with Crippen LogP contribution in [0.2, 0.25) is 0 Å². The molecule has 1 atom stereocenters. The number of nitrogens with one attached hydrogen (secondary N) is 1. The van der Waals surface area contributed by atoms with Gasteiger partial charge in [0.2, 0.25) is 0 Å². The van der Waals surface area contributed by atoms with Crippen LogP contribution in [0.5, 0.6) is 0 Å². The van der Waals surface area contributed by atoms with Crippen LogP contribution in [0.15, 0.2) is 15.4 Å². The first-order chi connectivity index (χ1) is 8.75. The molecule has 0 aliphatic rings. The fourth-order valence-electron chi connectivity index (χ4n) is 1.70. The molecular weight excluding hydrogens is 290 g/mol. The van der Waals surface area contributed by atoms with Gasteiger partial charge in [0.25, 0.3) is 15.0 Å². The molecule has 0 aliphatic carbocycles. The number of carbonyl (C=O) groups excluding carboxylic acids is 1. The Hall–Kier alpha value is -1.01. The van der Waals surface area contributed by atoms with Crippen molar-refractivity contribution in [3.63, 3.8) is 0 Å². The summed E-state index contributed by atoms with van der Waals surface area (Å²) in [6, 6.07) is 1.16. The number of hydrogen-bond donors (Lipinski definition) is 1. The zero-order chi connectivity index (χ0) is 14.6.